The van der Waals surface area contributed by atoms with Crippen LogP contribution in [-0.2, 0) is 26.8 Å². The van der Waals surface area contributed by atoms with Crippen LogP contribution in [0.15, 0.2) is 48.5 Å². The van der Waals surface area contributed by atoms with Gasteiger partial charge in [-0.1, -0.05) is 51.0 Å². The van der Waals surface area contributed by atoms with E-state index in [9.17, 15) is 13.2 Å². The molecule has 1 amide bonds. The third-order valence-corrected chi connectivity index (χ3v) is 4.39. The molecule has 0 radical (unpaired) electrons. The van der Waals surface area contributed by atoms with E-state index in [4.69, 9.17) is 0 Å². The molecule has 27 heavy (non-hydrogen) atoms. The quantitative estimate of drug-likeness (QED) is 0.796. The van der Waals surface area contributed by atoms with Gasteiger partial charge in [0.05, 0.1) is 6.26 Å². The van der Waals surface area contributed by atoms with Crippen molar-refractivity contribution in [3.8, 4) is 11.8 Å². The Morgan fingerprint density at radius 3 is 2.11 bits per heavy atom. The predicted octanol–water partition coefficient (Wildman–Crippen LogP) is 3.02. The molecule has 0 saturated carbocycles. The summed E-state index contributed by atoms with van der Waals surface area (Å²) in [5.74, 6) is 5.07. The number of hydrogen-bond acceptors (Lipinski definition) is 3. The minimum absolute atomic E-state index is 0.0791. The van der Waals surface area contributed by atoms with Gasteiger partial charge in [0, 0.05) is 23.7 Å². The molecule has 0 aliphatic carbocycles. The number of benzene rings is 2. The number of rotatable bonds is 4. The van der Waals surface area contributed by atoms with E-state index < -0.39 is 10.0 Å². The first kappa shape index (κ1) is 20.5. The lowest BCUT2D eigenvalue weighted by atomic mass is 9.87. The molecule has 0 unspecified atom stereocenters. The Balaban J connectivity index is 1.91. The molecule has 0 aliphatic rings. The highest BCUT2D eigenvalue weighted by Crippen LogP contribution is 2.21. The Morgan fingerprint density at radius 2 is 1.59 bits per heavy atom. The van der Waals surface area contributed by atoms with Gasteiger partial charge in [0.1, 0.15) is 0 Å². The molecule has 0 atom stereocenters. The number of hydrogen-bond donors (Lipinski definition) is 2. The normalized spacial score (nSPS) is 11.3. The molecule has 2 aromatic rings. The van der Waals surface area contributed by atoms with Gasteiger partial charge < -0.3 is 5.32 Å². The first-order chi connectivity index (χ1) is 12.5. The van der Waals surface area contributed by atoms with Gasteiger partial charge >= 0.3 is 0 Å². The van der Waals surface area contributed by atoms with Crippen molar-refractivity contribution in [2.45, 2.75) is 32.7 Å². The van der Waals surface area contributed by atoms with Crippen LogP contribution >= 0.6 is 0 Å². The van der Waals surface area contributed by atoms with Crippen LogP contribution in [0.4, 0.5) is 5.69 Å². The molecule has 2 N–H and O–H groups in total. The second kappa shape index (κ2) is 8.28. The first-order valence-corrected chi connectivity index (χ1v) is 10.4. The molecule has 0 fully saturated rings. The van der Waals surface area contributed by atoms with Crippen LogP contribution in [0.3, 0.4) is 0 Å². The van der Waals surface area contributed by atoms with E-state index in [0.29, 0.717) is 12.2 Å². The van der Waals surface area contributed by atoms with E-state index in [1.165, 1.54) is 5.56 Å². The zero-order valence-electron chi connectivity index (χ0n) is 16.0. The van der Waals surface area contributed by atoms with Crippen LogP contribution in [0.1, 0.15) is 37.5 Å². The maximum Gasteiger partial charge on any atom is 0.296 e. The number of sulfonamides is 1. The molecule has 0 heterocycles. The van der Waals surface area contributed by atoms with E-state index in [2.05, 4.69) is 42.7 Å². The summed E-state index contributed by atoms with van der Waals surface area (Å²) in [7, 11) is -3.30. The Hall–Kier alpha value is -2.78. The van der Waals surface area contributed by atoms with Crippen molar-refractivity contribution in [3.63, 3.8) is 0 Å². The van der Waals surface area contributed by atoms with Crippen LogP contribution in [0, 0.1) is 11.8 Å². The highest BCUT2D eigenvalue weighted by molar-refractivity contribution is 7.92. The second-order valence-corrected chi connectivity index (χ2v) is 9.08. The molecular weight excluding hydrogens is 360 g/mol. The molecule has 0 aliphatic heterocycles. The maximum absolute atomic E-state index is 11.9. The maximum atomic E-state index is 11.9. The van der Waals surface area contributed by atoms with Gasteiger partial charge in [-0.3, -0.25) is 9.52 Å². The van der Waals surface area contributed by atoms with Crippen LogP contribution in [0.25, 0.3) is 0 Å². The number of carbonyl (C=O) groups excluding carboxylic acids is 1. The lowest BCUT2D eigenvalue weighted by Gasteiger charge is -2.18. The number of anilines is 1. The molecule has 0 saturated heterocycles. The molecule has 0 aromatic heterocycles. The highest BCUT2D eigenvalue weighted by Gasteiger charge is 2.12. The summed E-state index contributed by atoms with van der Waals surface area (Å²) in [5, 5.41) is 2.72. The Labute approximate surface area is 161 Å². The summed E-state index contributed by atoms with van der Waals surface area (Å²) >= 11 is 0. The predicted molar refractivity (Wildman–Crippen MR) is 109 cm³/mol. The largest absolute Gasteiger partial charge is 0.341 e. The van der Waals surface area contributed by atoms with E-state index in [0.717, 1.165) is 17.4 Å². The van der Waals surface area contributed by atoms with E-state index in [-0.39, 0.29) is 11.3 Å². The summed E-state index contributed by atoms with van der Waals surface area (Å²) in [4.78, 5) is 11.9. The van der Waals surface area contributed by atoms with Crippen LogP contribution in [0.2, 0.25) is 0 Å². The minimum Gasteiger partial charge on any atom is -0.341 e. The molecule has 6 heteroatoms. The van der Waals surface area contributed by atoms with Gasteiger partial charge in [-0.15, -0.1) is 0 Å². The summed E-state index contributed by atoms with van der Waals surface area (Å²) in [6.45, 7) is 6.75. The topological polar surface area (TPSA) is 75.3 Å². The van der Waals surface area contributed by atoms with E-state index in [1.54, 1.807) is 24.3 Å². The zero-order valence-corrected chi connectivity index (χ0v) is 16.8. The van der Waals surface area contributed by atoms with Crippen molar-refractivity contribution in [2.24, 2.45) is 0 Å². The smallest absolute Gasteiger partial charge is 0.296 e. The van der Waals surface area contributed by atoms with Crippen molar-refractivity contribution < 1.29 is 13.2 Å². The number of amides is 1. The van der Waals surface area contributed by atoms with Gasteiger partial charge in [0.2, 0.25) is 10.0 Å². The third-order valence-electron chi connectivity index (χ3n) is 3.78. The van der Waals surface area contributed by atoms with Gasteiger partial charge in [-0.25, -0.2) is 8.42 Å². The second-order valence-electron chi connectivity index (χ2n) is 7.33. The monoisotopic (exact) mass is 384 g/mol. The summed E-state index contributed by atoms with van der Waals surface area (Å²) in [6, 6.07) is 14.6. The first-order valence-electron chi connectivity index (χ1n) is 8.50. The standard InChI is InChI=1S/C21H24N2O3S/c1-21(2,3)18-10-5-16(6-11-18)9-14-20(24)22-15-17-7-12-19(13-8-17)23-27(4,25)26/h5-8,10-13,23H,15H2,1-4H3,(H,22,24). The van der Waals surface area contributed by atoms with Crippen molar-refractivity contribution in [1.82, 2.24) is 5.32 Å². The van der Waals surface area contributed by atoms with Gasteiger partial charge in [0.15, 0.2) is 0 Å². The average molecular weight is 385 g/mol. The summed E-state index contributed by atoms with van der Waals surface area (Å²) < 4.78 is 24.7. The summed E-state index contributed by atoms with van der Waals surface area (Å²) in [5.41, 5.74) is 3.40. The SMILES string of the molecule is CC(C)(C)c1ccc(C#CC(=O)NCc2ccc(NS(C)(=O)=O)cc2)cc1. The molecular formula is C21H24N2O3S. The van der Waals surface area contributed by atoms with Gasteiger partial charge in [-0.2, -0.15) is 0 Å². The molecule has 2 rings (SSSR count). The van der Waals surface area contributed by atoms with Crippen molar-refractivity contribution in [3.05, 3.63) is 65.2 Å². The van der Waals surface area contributed by atoms with Crippen LogP contribution in [0.5, 0.6) is 0 Å². The average Bonchev–Trinajstić information content (AvgIpc) is 2.57. The van der Waals surface area contributed by atoms with Gasteiger partial charge in [-0.05, 0) is 40.8 Å². The zero-order chi connectivity index (χ0) is 20.1. The Kier molecular flexibility index (Phi) is 6.29. The van der Waals surface area contributed by atoms with Gasteiger partial charge in [0.25, 0.3) is 5.91 Å². The van der Waals surface area contributed by atoms with Crippen molar-refractivity contribution in [2.75, 3.05) is 11.0 Å². The fraction of sp³-hybridized carbons (Fsp3) is 0.286. The van der Waals surface area contributed by atoms with Crippen LogP contribution < -0.4 is 10.0 Å². The van der Waals surface area contributed by atoms with E-state index in [1.807, 2.05) is 24.3 Å². The third kappa shape index (κ3) is 7.16. The molecule has 142 valence electrons. The van der Waals surface area contributed by atoms with Crippen molar-refractivity contribution in [1.29, 1.82) is 0 Å². The molecule has 0 spiro atoms. The molecule has 0 bridgehead atoms. The summed E-state index contributed by atoms with van der Waals surface area (Å²) in [6.07, 6.45) is 1.09. The van der Waals surface area contributed by atoms with E-state index >= 15 is 0 Å². The lowest BCUT2D eigenvalue weighted by Crippen LogP contribution is -2.20. The Bertz CT molecular complexity index is 959. The highest BCUT2D eigenvalue weighted by atomic mass is 32.2. The minimum atomic E-state index is -3.30. The fourth-order valence-corrected chi connectivity index (χ4v) is 2.88. The lowest BCUT2D eigenvalue weighted by molar-refractivity contribution is -0.115. The molecule has 2 aromatic carbocycles. The number of nitrogens with one attached hydrogen (secondary N) is 2. The van der Waals surface area contributed by atoms with Crippen molar-refractivity contribution >= 4 is 21.6 Å². The Morgan fingerprint density at radius 1 is 1.00 bits per heavy atom. The molecule has 5 nitrogen and oxygen atoms in total. The van der Waals surface area contributed by atoms with Crippen LogP contribution in [-0.4, -0.2) is 20.6 Å². The number of carbonyl (C=O) groups is 1. The fourth-order valence-electron chi connectivity index (χ4n) is 2.31.